The van der Waals surface area contributed by atoms with Crippen LogP contribution in [0.2, 0.25) is 0 Å². The van der Waals surface area contributed by atoms with Gasteiger partial charge in [0.25, 0.3) is 0 Å². The second-order valence-corrected chi connectivity index (χ2v) is 2.42. The van der Waals surface area contributed by atoms with E-state index in [0.29, 0.717) is 5.56 Å². The molecule has 0 heterocycles. The van der Waals surface area contributed by atoms with Crippen LogP contribution < -0.4 is 0 Å². The number of rotatable bonds is 2. The molecule has 0 bridgehead atoms. The molecule has 0 amide bonds. The zero-order chi connectivity index (χ0) is 9.84. The van der Waals surface area contributed by atoms with Crippen LogP contribution in [0.5, 0.6) is 11.5 Å². The summed E-state index contributed by atoms with van der Waals surface area (Å²) >= 11 is 0. The lowest BCUT2D eigenvalue weighted by Crippen LogP contribution is -1.85. The molecule has 0 aliphatic rings. The SMILES string of the molecule is O=[13C](O)[13CH]=[13CH][13c]1[13cH][13cH][13c](O)[13c](O)[13cH]1. The number of carboxylic acids is 1. The summed E-state index contributed by atoms with van der Waals surface area (Å²) in [6.45, 7) is 0. The van der Waals surface area contributed by atoms with Crippen molar-refractivity contribution in [1.29, 1.82) is 0 Å². The number of hydrogen-bond acceptors (Lipinski definition) is 3. The fourth-order valence-corrected chi connectivity index (χ4v) is 0.812. The van der Waals surface area contributed by atoms with E-state index in [1.807, 2.05) is 0 Å². The van der Waals surface area contributed by atoms with E-state index >= 15 is 0 Å². The van der Waals surface area contributed by atoms with Gasteiger partial charge >= 0.3 is 5.97 Å². The molecule has 0 saturated heterocycles. The number of aliphatic carboxylic acids is 1. The number of phenols is 2. The van der Waals surface area contributed by atoms with Gasteiger partial charge in [-0.2, -0.15) is 0 Å². The van der Waals surface area contributed by atoms with Crippen LogP contribution in [0, 0.1) is 0 Å². The van der Waals surface area contributed by atoms with Gasteiger partial charge in [0.2, 0.25) is 0 Å². The molecule has 1 aromatic rings. The third-order valence-electron chi connectivity index (χ3n) is 1.42. The Hall–Kier alpha value is -1.97. The Morgan fingerprint density at radius 1 is 1.23 bits per heavy atom. The first-order valence-electron chi connectivity index (χ1n) is 3.52. The molecule has 68 valence electrons. The lowest BCUT2D eigenvalue weighted by Gasteiger charge is -1.97. The summed E-state index contributed by atoms with van der Waals surface area (Å²) in [6, 6.07) is 4.06. The Kier molecular flexibility index (Phi) is 2.54. The number of benzene rings is 1. The van der Waals surface area contributed by atoms with Crippen LogP contribution >= 0.6 is 0 Å². The van der Waals surface area contributed by atoms with Crippen molar-refractivity contribution in [3.63, 3.8) is 0 Å². The second kappa shape index (κ2) is 3.62. The first-order valence-corrected chi connectivity index (χ1v) is 3.52. The topological polar surface area (TPSA) is 77.8 Å². The monoisotopic (exact) mass is 189 g/mol. The van der Waals surface area contributed by atoms with Crippen molar-refractivity contribution >= 4 is 12.0 Å². The molecule has 0 saturated carbocycles. The van der Waals surface area contributed by atoms with E-state index < -0.39 is 5.97 Å². The summed E-state index contributed by atoms with van der Waals surface area (Å²) in [6.07, 6.45) is 2.27. The molecule has 0 aromatic heterocycles. The average Bonchev–Trinajstić information content (AvgIpc) is 2.07. The van der Waals surface area contributed by atoms with Gasteiger partial charge in [0.05, 0.1) is 0 Å². The predicted molar refractivity (Wildman–Crippen MR) is 46.4 cm³/mol. The predicted octanol–water partition coefficient (Wildman–Crippen LogP) is 1.20. The van der Waals surface area contributed by atoms with Crippen molar-refractivity contribution in [1.82, 2.24) is 0 Å². The van der Waals surface area contributed by atoms with Crippen LogP contribution in [0.1, 0.15) is 5.56 Å². The highest BCUT2D eigenvalue weighted by molar-refractivity contribution is 5.85. The number of aromatic hydroxyl groups is 2. The Morgan fingerprint density at radius 2 is 1.92 bits per heavy atom. The molecular weight excluding hydrogens is 181 g/mol. The average molecular weight is 189 g/mol. The van der Waals surface area contributed by atoms with Gasteiger partial charge in [0.15, 0.2) is 11.5 Å². The second-order valence-electron chi connectivity index (χ2n) is 2.42. The highest BCUT2D eigenvalue weighted by Crippen LogP contribution is 2.25. The van der Waals surface area contributed by atoms with Gasteiger partial charge in [-0.3, -0.25) is 0 Å². The molecule has 0 spiro atoms. The van der Waals surface area contributed by atoms with Gasteiger partial charge in [0.1, 0.15) is 0 Å². The molecule has 4 nitrogen and oxygen atoms in total. The van der Waals surface area contributed by atoms with Gasteiger partial charge < -0.3 is 15.3 Å². The first-order chi connectivity index (χ1) is 6.09. The van der Waals surface area contributed by atoms with E-state index in [2.05, 4.69) is 0 Å². The van der Waals surface area contributed by atoms with Crippen molar-refractivity contribution < 1.29 is 20.1 Å². The van der Waals surface area contributed by atoms with Crippen molar-refractivity contribution in [3.05, 3.63) is 29.8 Å². The fraction of sp³-hybridized carbons (Fsp3) is 0. The van der Waals surface area contributed by atoms with E-state index in [9.17, 15) is 4.79 Å². The van der Waals surface area contributed by atoms with E-state index in [1.54, 1.807) is 0 Å². The molecule has 0 radical (unpaired) electrons. The van der Waals surface area contributed by atoms with Crippen LogP contribution in [-0.2, 0) is 4.79 Å². The maximum Gasteiger partial charge on any atom is 0.328 e. The van der Waals surface area contributed by atoms with Gasteiger partial charge in [-0.1, -0.05) is 6.07 Å². The molecule has 1 aromatic carbocycles. The summed E-state index contributed by atoms with van der Waals surface area (Å²) in [5, 5.41) is 26.3. The maximum atomic E-state index is 10.1. The van der Waals surface area contributed by atoms with Crippen LogP contribution in [0.15, 0.2) is 24.3 Å². The molecule has 0 aliphatic heterocycles. The number of carboxylic acid groups (broad SMARTS) is 1. The lowest BCUT2D eigenvalue weighted by molar-refractivity contribution is -0.131. The highest BCUT2D eigenvalue weighted by atomic mass is 16.5. The van der Waals surface area contributed by atoms with Crippen LogP contribution in [0.4, 0.5) is 0 Å². The van der Waals surface area contributed by atoms with Crippen molar-refractivity contribution in [2.45, 2.75) is 0 Å². The molecule has 13 heavy (non-hydrogen) atoms. The maximum absolute atomic E-state index is 10.1. The number of phenolic OH excluding ortho intramolecular Hbond substituents is 2. The standard InChI is InChI=1S/C9H8O4/c10-7-3-1-6(5-8(7)11)2-4-9(12)13/h1-5,10-11H,(H,12,13)/i1+1,2+1,3+1,4+1,5+1,6+1,7+1,8+1,9+1. The molecule has 0 aliphatic carbocycles. The minimum atomic E-state index is -1.06. The summed E-state index contributed by atoms with van der Waals surface area (Å²) in [5.41, 5.74) is 0.512. The molecule has 0 fully saturated rings. The Bertz CT molecular complexity index is 355. The normalized spacial score (nSPS) is 10.5. The first kappa shape index (κ1) is 9.12. The van der Waals surface area contributed by atoms with Crippen LogP contribution in [0.25, 0.3) is 6.08 Å². The highest BCUT2D eigenvalue weighted by Gasteiger charge is 1.97. The lowest BCUT2D eigenvalue weighted by atomic mass is 11.1. The van der Waals surface area contributed by atoms with Crippen LogP contribution in [0.3, 0.4) is 0 Å². The Balaban J connectivity index is 2.92. The van der Waals surface area contributed by atoms with Crippen LogP contribution in [-0.4, -0.2) is 21.3 Å². The molecule has 4 heteroatoms. The van der Waals surface area contributed by atoms with Crippen molar-refractivity contribution in [3.8, 4) is 11.5 Å². The summed E-state index contributed by atoms with van der Waals surface area (Å²) in [4.78, 5) is 10.1. The van der Waals surface area contributed by atoms with Gasteiger partial charge in [-0.25, -0.2) is 4.79 Å². The molecule has 0 unspecified atom stereocenters. The molecule has 3 N–H and O–H groups in total. The zero-order valence-electron chi connectivity index (χ0n) is 6.64. The zero-order valence-corrected chi connectivity index (χ0v) is 6.64. The van der Waals surface area contributed by atoms with E-state index in [4.69, 9.17) is 15.3 Å². The van der Waals surface area contributed by atoms with E-state index in [1.165, 1.54) is 24.3 Å². The van der Waals surface area contributed by atoms with Gasteiger partial charge in [0, 0.05) is 6.08 Å². The van der Waals surface area contributed by atoms with Gasteiger partial charge in [-0.05, 0) is 23.8 Å². The van der Waals surface area contributed by atoms with E-state index in [0.717, 1.165) is 6.08 Å². The molecular formula is C9H8O4. The fourth-order valence-electron chi connectivity index (χ4n) is 0.812. The largest absolute Gasteiger partial charge is 0.504 e. The minimum absolute atomic E-state index is 0.229. The quantitative estimate of drug-likeness (QED) is 0.371. The summed E-state index contributed by atoms with van der Waals surface area (Å²) < 4.78 is 0. The molecule has 0 atom stereocenters. The van der Waals surface area contributed by atoms with Crippen molar-refractivity contribution in [2.24, 2.45) is 0 Å². The third-order valence-corrected chi connectivity index (χ3v) is 1.42. The summed E-state index contributed by atoms with van der Waals surface area (Å²) in [7, 11) is 0. The Morgan fingerprint density at radius 3 is 2.46 bits per heavy atom. The number of hydrogen-bond donors (Lipinski definition) is 3. The minimum Gasteiger partial charge on any atom is -0.504 e. The smallest absolute Gasteiger partial charge is 0.328 e. The van der Waals surface area contributed by atoms with Crippen molar-refractivity contribution in [2.75, 3.05) is 0 Å². The Labute approximate surface area is 74.4 Å². The van der Waals surface area contributed by atoms with E-state index in [-0.39, 0.29) is 11.5 Å². The van der Waals surface area contributed by atoms with Gasteiger partial charge in [-0.15, -0.1) is 0 Å². The third kappa shape index (κ3) is 2.52. The molecule has 1 rings (SSSR count). The number of carbonyl (C=O) groups is 1. The summed E-state index contributed by atoms with van der Waals surface area (Å²) in [5.74, 6) is -1.56.